The summed E-state index contributed by atoms with van der Waals surface area (Å²) in [6, 6.07) is 0. The molecule has 0 spiro atoms. The molecule has 0 saturated carbocycles. The summed E-state index contributed by atoms with van der Waals surface area (Å²) in [5, 5.41) is 9.33. The van der Waals surface area contributed by atoms with Crippen molar-refractivity contribution in [2.24, 2.45) is 0 Å². The highest BCUT2D eigenvalue weighted by molar-refractivity contribution is 6.32. The number of hydrogen-bond acceptors (Lipinski definition) is 4. The lowest BCUT2D eigenvalue weighted by molar-refractivity contribution is 0.142. The first-order valence-corrected chi connectivity index (χ1v) is 6.25. The largest absolute Gasteiger partial charge is 0.465 e. The smallest absolute Gasteiger partial charge is 0.407 e. The summed E-state index contributed by atoms with van der Waals surface area (Å²) in [4.78, 5) is 22.7. The molecule has 1 N–H and O–H groups in total. The van der Waals surface area contributed by atoms with Crippen LogP contribution in [-0.2, 0) is 0 Å². The van der Waals surface area contributed by atoms with Crippen molar-refractivity contribution >= 4 is 29.2 Å². The van der Waals surface area contributed by atoms with Gasteiger partial charge in [-0.3, -0.25) is 4.40 Å². The third kappa shape index (κ3) is 2.06. The lowest BCUT2D eigenvalue weighted by atomic mass is 10.3. The molecule has 7 nitrogen and oxygen atoms in total. The molecule has 19 heavy (non-hydrogen) atoms. The highest BCUT2D eigenvalue weighted by Crippen LogP contribution is 2.21. The number of carboxylic acid groups (broad SMARTS) is 1. The fourth-order valence-electron chi connectivity index (χ4n) is 2.21. The summed E-state index contributed by atoms with van der Waals surface area (Å²) in [6.45, 7) is 2.18. The van der Waals surface area contributed by atoms with E-state index < -0.39 is 6.09 Å². The number of fused-ring (bicyclic) bond motifs is 1. The zero-order valence-electron chi connectivity index (χ0n) is 10.0. The van der Waals surface area contributed by atoms with Gasteiger partial charge in [-0.05, 0) is 0 Å². The van der Waals surface area contributed by atoms with Gasteiger partial charge in [0.25, 0.3) is 0 Å². The summed E-state index contributed by atoms with van der Waals surface area (Å²) >= 11 is 6.00. The predicted octanol–water partition coefficient (Wildman–Crippen LogP) is 1.18. The molecule has 0 aromatic carbocycles. The van der Waals surface area contributed by atoms with Gasteiger partial charge in [0.15, 0.2) is 5.15 Å². The Kier molecular flexibility index (Phi) is 2.90. The molecule has 0 unspecified atom stereocenters. The van der Waals surface area contributed by atoms with Crippen LogP contribution < -0.4 is 4.90 Å². The normalized spacial score (nSPS) is 16.1. The van der Waals surface area contributed by atoms with Crippen LogP contribution in [0.25, 0.3) is 5.52 Å². The number of imidazole rings is 1. The minimum absolute atomic E-state index is 0.408. The van der Waals surface area contributed by atoms with Gasteiger partial charge in [0.1, 0.15) is 5.52 Å². The fourth-order valence-corrected chi connectivity index (χ4v) is 2.41. The Morgan fingerprint density at radius 3 is 2.68 bits per heavy atom. The molecule has 0 radical (unpaired) electrons. The van der Waals surface area contributed by atoms with Crippen LogP contribution in [0.4, 0.5) is 10.7 Å². The molecule has 3 heterocycles. The summed E-state index contributed by atoms with van der Waals surface area (Å²) in [6.07, 6.45) is 4.22. The standard InChI is InChI=1S/C11H12ClN5O2/c12-9-8-7-14-10(17(8)2-1-13-9)15-3-5-16(6-4-15)11(18)19/h1-2,7H,3-6H2,(H,18,19). The Balaban J connectivity index is 1.86. The molecule has 1 fully saturated rings. The number of rotatable bonds is 1. The first-order chi connectivity index (χ1) is 9.16. The van der Waals surface area contributed by atoms with Gasteiger partial charge in [-0.25, -0.2) is 14.8 Å². The highest BCUT2D eigenvalue weighted by atomic mass is 35.5. The number of anilines is 1. The maximum atomic E-state index is 10.9. The minimum Gasteiger partial charge on any atom is -0.465 e. The van der Waals surface area contributed by atoms with Crippen LogP contribution in [0, 0.1) is 0 Å². The van der Waals surface area contributed by atoms with E-state index >= 15 is 0 Å². The van der Waals surface area contributed by atoms with Crippen molar-refractivity contribution in [2.75, 3.05) is 31.1 Å². The number of carbonyl (C=O) groups is 1. The van der Waals surface area contributed by atoms with Gasteiger partial charge in [-0.1, -0.05) is 11.6 Å². The number of piperazine rings is 1. The van der Waals surface area contributed by atoms with Crippen molar-refractivity contribution in [3.05, 3.63) is 23.7 Å². The van der Waals surface area contributed by atoms with Gasteiger partial charge >= 0.3 is 6.09 Å². The number of amides is 1. The highest BCUT2D eigenvalue weighted by Gasteiger charge is 2.23. The number of nitrogens with zero attached hydrogens (tertiary/aromatic N) is 5. The molecule has 1 aliphatic rings. The topological polar surface area (TPSA) is 74.0 Å². The molecule has 8 heteroatoms. The first kappa shape index (κ1) is 12.0. The van der Waals surface area contributed by atoms with E-state index in [4.69, 9.17) is 16.7 Å². The van der Waals surface area contributed by atoms with Gasteiger partial charge in [0.05, 0.1) is 6.20 Å². The van der Waals surface area contributed by atoms with Crippen LogP contribution in [0.2, 0.25) is 5.15 Å². The van der Waals surface area contributed by atoms with Crippen molar-refractivity contribution in [3.8, 4) is 0 Å². The Morgan fingerprint density at radius 2 is 2.00 bits per heavy atom. The van der Waals surface area contributed by atoms with Crippen LogP contribution in [0.15, 0.2) is 18.6 Å². The number of halogens is 1. The van der Waals surface area contributed by atoms with E-state index in [1.165, 1.54) is 4.90 Å². The molecular formula is C11H12ClN5O2. The van der Waals surface area contributed by atoms with Crippen LogP contribution in [-0.4, -0.2) is 56.6 Å². The third-order valence-corrected chi connectivity index (χ3v) is 3.52. The van der Waals surface area contributed by atoms with Crippen molar-refractivity contribution in [1.82, 2.24) is 19.3 Å². The van der Waals surface area contributed by atoms with Crippen LogP contribution in [0.1, 0.15) is 0 Å². The second-order valence-electron chi connectivity index (χ2n) is 4.29. The zero-order valence-corrected chi connectivity index (χ0v) is 10.8. The second-order valence-corrected chi connectivity index (χ2v) is 4.65. The van der Waals surface area contributed by atoms with Gasteiger partial charge in [0.2, 0.25) is 5.95 Å². The Labute approximate surface area is 114 Å². The number of hydrogen-bond donors (Lipinski definition) is 1. The zero-order chi connectivity index (χ0) is 13.4. The molecule has 0 aliphatic carbocycles. The van der Waals surface area contributed by atoms with E-state index in [0.717, 1.165) is 11.5 Å². The van der Waals surface area contributed by atoms with Gasteiger partial charge in [-0.2, -0.15) is 0 Å². The molecule has 3 rings (SSSR count). The molecule has 1 amide bonds. The lowest BCUT2D eigenvalue weighted by Crippen LogP contribution is -2.48. The van der Waals surface area contributed by atoms with Gasteiger partial charge < -0.3 is 14.9 Å². The van der Waals surface area contributed by atoms with E-state index in [1.54, 1.807) is 18.6 Å². The Morgan fingerprint density at radius 1 is 1.26 bits per heavy atom. The molecular weight excluding hydrogens is 270 g/mol. The monoisotopic (exact) mass is 281 g/mol. The molecule has 1 aliphatic heterocycles. The maximum absolute atomic E-state index is 10.9. The Hall–Kier alpha value is -2.02. The van der Waals surface area contributed by atoms with Crippen LogP contribution in [0.3, 0.4) is 0 Å². The summed E-state index contributed by atoms with van der Waals surface area (Å²) in [7, 11) is 0. The summed E-state index contributed by atoms with van der Waals surface area (Å²) in [5.41, 5.74) is 0.750. The molecule has 2 aromatic rings. The molecule has 0 bridgehead atoms. The third-order valence-electron chi connectivity index (χ3n) is 3.23. The Bertz CT molecular complexity index is 621. The quantitative estimate of drug-likeness (QED) is 0.850. The van der Waals surface area contributed by atoms with Crippen molar-refractivity contribution in [1.29, 1.82) is 0 Å². The van der Waals surface area contributed by atoms with Crippen molar-refractivity contribution in [2.45, 2.75) is 0 Å². The minimum atomic E-state index is -0.875. The van der Waals surface area contributed by atoms with Crippen LogP contribution >= 0.6 is 11.6 Å². The molecule has 0 atom stereocenters. The van der Waals surface area contributed by atoms with E-state index in [-0.39, 0.29) is 0 Å². The average Bonchev–Trinajstić information content (AvgIpc) is 2.84. The summed E-state index contributed by atoms with van der Waals surface area (Å²) < 4.78 is 1.87. The molecule has 1 saturated heterocycles. The molecule has 2 aromatic heterocycles. The number of aromatic nitrogens is 3. The first-order valence-electron chi connectivity index (χ1n) is 5.87. The SMILES string of the molecule is O=C(O)N1CCN(c2ncc3c(Cl)nccn23)CC1. The van der Waals surface area contributed by atoms with E-state index in [0.29, 0.717) is 31.3 Å². The molecule has 100 valence electrons. The van der Waals surface area contributed by atoms with Gasteiger partial charge in [-0.15, -0.1) is 0 Å². The van der Waals surface area contributed by atoms with E-state index in [2.05, 4.69) is 9.97 Å². The summed E-state index contributed by atoms with van der Waals surface area (Å²) in [5.74, 6) is 0.768. The average molecular weight is 282 g/mol. The van der Waals surface area contributed by atoms with Gasteiger partial charge in [0, 0.05) is 38.6 Å². The fraction of sp³-hybridized carbons (Fsp3) is 0.364. The van der Waals surface area contributed by atoms with Crippen LogP contribution in [0.5, 0.6) is 0 Å². The second kappa shape index (κ2) is 4.58. The predicted molar refractivity (Wildman–Crippen MR) is 69.8 cm³/mol. The maximum Gasteiger partial charge on any atom is 0.407 e. The van der Waals surface area contributed by atoms with Crippen molar-refractivity contribution in [3.63, 3.8) is 0 Å². The van der Waals surface area contributed by atoms with E-state index in [9.17, 15) is 4.79 Å². The lowest BCUT2D eigenvalue weighted by Gasteiger charge is -2.33. The van der Waals surface area contributed by atoms with Crippen molar-refractivity contribution < 1.29 is 9.90 Å². The van der Waals surface area contributed by atoms with E-state index in [1.807, 2.05) is 9.30 Å².